The van der Waals surface area contributed by atoms with Crippen LogP contribution in [0.1, 0.15) is 22.0 Å². The summed E-state index contributed by atoms with van der Waals surface area (Å²) >= 11 is 0. The Bertz CT molecular complexity index is 715. The van der Waals surface area contributed by atoms with E-state index in [1.54, 1.807) is 6.20 Å². The Morgan fingerprint density at radius 2 is 2.37 bits per heavy atom. The van der Waals surface area contributed by atoms with Crippen molar-refractivity contribution < 1.29 is 4.79 Å². The number of H-pyrrole nitrogens is 1. The molecule has 0 spiro atoms. The van der Waals surface area contributed by atoms with E-state index in [9.17, 15) is 4.79 Å². The van der Waals surface area contributed by atoms with Crippen LogP contribution < -0.4 is 5.32 Å². The highest BCUT2D eigenvalue weighted by molar-refractivity contribution is 5.92. The Kier molecular flexibility index (Phi) is 2.71. The largest absolute Gasteiger partial charge is 0.343 e. The highest BCUT2D eigenvalue weighted by Crippen LogP contribution is 2.08. The summed E-state index contributed by atoms with van der Waals surface area (Å²) < 4.78 is 1.88. The zero-order valence-electron chi connectivity index (χ0n) is 10.3. The molecule has 0 aromatic carbocycles. The number of fused-ring (bicyclic) bond motifs is 1. The molecule has 0 bridgehead atoms. The van der Waals surface area contributed by atoms with Gasteiger partial charge in [-0.1, -0.05) is 6.07 Å². The lowest BCUT2D eigenvalue weighted by Crippen LogP contribution is -2.23. The van der Waals surface area contributed by atoms with Crippen LogP contribution in [0.4, 0.5) is 0 Å². The van der Waals surface area contributed by atoms with Crippen LogP contribution in [0.2, 0.25) is 0 Å². The van der Waals surface area contributed by atoms with E-state index in [-0.39, 0.29) is 5.91 Å². The standard InChI is InChI=1S/C12H12N6O/c1-8-3-2-4-11-16-9(6-18(8)11)12(19)13-5-10-14-7-15-17-10/h2-4,6-7H,5H2,1H3,(H,13,19)(H,14,15,17). The Morgan fingerprint density at radius 1 is 1.47 bits per heavy atom. The van der Waals surface area contributed by atoms with Gasteiger partial charge >= 0.3 is 0 Å². The van der Waals surface area contributed by atoms with Crippen molar-refractivity contribution in [3.05, 3.63) is 47.9 Å². The summed E-state index contributed by atoms with van der Waals surface area (Å²) in [6.45, 7) is 2.26. The third-order valence-electron chi connectivity index (χ3n) is 2.81. The maximum Gasteiger partial charge on any atom is 0.271 e. The summed E-state index contributed by atoms with van der Waals surface area (Å²) in [7, 11) is 0. The molecule has 0 aliphatic heterocycles. The molecule has 19 heavy (non-hydrogen) atoms. The van der Waals surface area contributed by atoms with Crippen molar-refractivity contribution in [3.63, 3.8) is 0 Å². The molecule has 7 nitrogen and oxygen atoms in total. The number of nitrogens with one attached hydrogen (secondary N) is 2. The van der Waals surface area contributed by atoms with E-state index in [1.165, 1.54) is 6.33 Å². The molecule has 0 unspecified atom stereocenters. The Labute approximate surface area is 108 Å². The summed E-state index contributed by atoms with van der Waals surface area (Å²) in [6, 6.07) is 5.74. The molecule has 0 atom stereocenters. The number of imidazole rings is 1. The lowest BCUT2D eigenvalue weighted by molar-refractivity contribution is 0.0945. The molecule has 2 N–H and O–H groups in total. The second-order valence-corrected chi connectivity index (χ2v) is 4.14. The van der Waals surface area contributed by atoms with Crippen LogP contribution in [0.5, 0.6) is 0 Å². The molecule has 0 aliphatic rings. The highest BCUT2D eigenvalue weighted by atomic mass is 16.1. The highest BCUT2D eigenvalue weighted by Gasteiger charge is 2.11. The molecule has 7 heteroatoms. The maximum absolute atomic E-state index is 12.0. The Hall–Kier alpha value is -2.70. The summed E-state index contributed by atoms with van der Waals surface area (Å²) in [6.07, 6.45) is 3.12. The molecule has 0 aliphatic carbocycles. The minimum Gasteiger partial charge on any atom is -0.343 e. The smallest absolute Gasteiger partial charge is 0.271 e. The number of nitrogens with zero attached hydrogens (tertiary/aromatic N) is 4. The van der Waals surface area contributed by atoms with Gasteiger partial charge in [-0.15, -0.1) is 0 Å². The fourth-order valence-electron chi connectivity index (χ4n) is 1.83. The van der Waals surface area contributed by atoms with Crippen molar-refractivity contribution in [1.29, 1.82) is 0 Å². The molecule has 0 fully saturated rings. The minimum absolute atomic E-state index is 0.237. The molecule has 3 aromatic heterocycles. The topological polar surface area (TPSA) is 88.0 Å². The monoisotopic (exact) mass is 256 g/mol. The molecule has 0 saturated carbocycles. The number of rotatable bonds is 3. The van der Waals surface area contributed by atoms with Crippen molar-refractivity contribution >= 4 is 11.6 Å². The number of hydrogen-bond acceptors (Lipinski definition) is 4. The second kappa shape index (κ2) is 4.52. The van der Waals surface area contributed by atoms with Gasteiger partial charge in [0, 0.05) is 11.9 Å². The van der Waals surface area contributed by atoms with Crippen LogP contribution in [0, 0.1) is 6.92 Å². The summed E-state index contributed by atoms with van der Waals surface area (Å²) in [5, 5.41) is 9.12. The van der Waals surface area contributed by atoms with Gasteiger partial charge < -0.3 is 9.72 Å². The van der Waals surface area contributed by atoms with E-state index in [2.05, 4.69) is 25.5 Å². The van der Waals surface area contributed by atoms with Gasteiger partial charge in [-0.3, -0.25) is 9.89 Å². The van der Waals surface area contributed by atoms with Crippen LogP contribution in [0.3, 0.4) is 0 Å². The zero-order valence-corrected chi connectivity index (χ0v) is 10.3. The fraction of sp³-hybridized carbons (Fsp3) is 0.167. The van der Waals surface area contributed by atoms with E-state index >= 15 is 0 Å². The number of aryl methyl sites for hydroxylation is 1. The van der Waals surface area contributed by atoms with Crippen molar-refractivity contribution in [3.8, 4) is 0 Å². The van der Waals surface area contributed by atoms with Crippen LogP contribution in [0.15, 0.2) is 30.7 Å². The van der Waals surface area contributed by atoms with Gasteiger partial charge in [-0.25, -0.2) is 9.97 Å². The van der Waals surface area contributed by atoms with E-state index in [4.69, 9.17) is 0 Å². The van der Waals surface area contributed by atoms with Gasteiger partial charge in [-0.2, -0.15) is 5.10 Å². The predicted octanol–water partition coefficient (Wildman–Crippen LogP) is 0.691. The summed E-state index contributed by atoms with van der Waals surface area (Å²) in [4.78, 5) is 20.2. The molecular formula is C12H12N6O. The average molecular weight is 256 g/mol. The Morgan fingerprint density at radius 3 is 3.11 bits per heavy atom. The van der Waals surface area contributed by atoms with Crippen molar-refractivity contribution in [2.75, 3.05) is 0 Å². The number of aromatic amines is 1. The fourth-order valence-corrected chi connectivity index (χ4v) is 1.83. The van der Waals surface area contributed by atoms with Gasteiger partial charge in [0.05, 0.1) is 6.54 Å². The number of pyridine rings is 1. The Balaban J connectivity index is 1.80. The van der Waals surface area contributed by atoms with Crippen molar-refractivity contribution in [2.24, 2.45) is 0 Å². The molecule has 1 amide bonds. The molecular weight excluding hydrogens is 244 g/mol. The van der Waals surface area contributed by atoms with E-state index in [0.717, 1.165) is 11.3 Å². The second-order valence-electron chi connectivity index (χ2n) is 4.14. The lowest BCUT2D eigenvalue weighted by atomic mass is 10.4. The molecule has 0 saturated heterocycles. The maximum atomic E-state index is 12.0. The molecule has 0 radical (unpaired) electrons. The third-order valence-corrected chi connectivity index (χ3v) is 2.81. The van der Waals surface area contributed by atoms with Crippen LogP contribution in [0.25, 0.3) is 5.65 Å². The minimum atomic E-state index is -0.237. The number of amides is 1. The van der Waals surface area contributed by atoms with Crippen LogP contribution >= 0.6 is 0 Å². The molecule has 96 valence electrons. The first-order chi connectivity index (χ1) is 9.24. The van der Waals surface area contributed by atoms with Gasteiger partial charge in [0.1, 0.15) is 23.5 Å². The number of hydrogen-bond donors (Lipinski definition) is 2. The number of carbonyl (C=O) groups excluding carboxylic acids is 1. The molecule has 3 heterocycles. The third kappa shape index (κ3) is 2.17. The van der Waals surface area contributed by atoms with Gasteiger partial charge in [-0.05, 0) is 19.1 Å². The van der Waals surface area contributed by atoms with E-state index in [0.29, 0.717) is 18.1 Å². The zero-order chi connectivity index (χ0) is 13.2. The quantitative estimate of drug-likeness (QED) is 0.721. The van der Waals surface area contributed by atoms with Crippen molar-refractivity contribution in [2.45, 2.75) is 13.5 Å². The average Bonchev–Trinajstić information content (AvgIpc) is 3.05. The predicted molar refractivity (Wildman–Crippen MR) is 67.5 cm³/mol. The summed E-state index contributed by atoms with van der Waals surface area (Å²) in [5.41, 5.74) is 2.16. The van der Waals surface area contributed by atoms with Crippen LogP contribution in [-0.4, -0.2) is 30.5 Å². The normalized spacial score (nSPS) is 10.8. The van der Waals surface area contributed by atoms with Gasteiger partial charge in [0.25, 0.3) is 5.91 Å². The first kappa shape index (κ1) is 11.4. The molecule has 3 aromatic rings. The molecule has 3 rings (SSSR count). The number of aromatic nitrogens is 5. The first-order valence-electron chi connectivity index (χ1n) is 5.81. The SMILES string of the molecule is Cc1cccc2nc(C(=O)NCc3ncn[nH]3)cn12. The number of carbonyl (C=O) groups is 1. The first-order valence-corrected chi connectivity index (χ1v) is 5.81. The van der Waals surface area contributed by atoms with Crippen molar-refractivity contribution in [1.82, 2.24) is 29.9 Å². The van der Waals surface area contributed by atoms with Gasteiger partial charge in [0.2, 0.25) is 0 Å². The van der Waals surface area contributed by atoms with Gasteiger partial charge in [0.15, 0.2) is 0 Å². The lowest BCUT2D eigenvalue weighted by Gasteiger charge is -1.98. The summed E-state index contributed by atoms with van der Waals surface area (Å²) in [5.74, 6) is 0.368. The van der Waals surface area contributed by atoms with E-state index < -0.39 is 0 Å². The van der Waals surface area contributed by atoms with Crippen LogP contribution in [-0.2, 0) is 6.54 Å². The van der Waals surface area contributed by atoms with E-state index in [1.807, 2.05) is 29.5 Å².